The average Bonchev–Trinajstić information content (AvgIpc) is 2.88. The van der Waals surface area contributed by atoms with Crippen LogP contribution in [0.15, 0.2) is 66.1 Å². The summed E-state index contributed by atoms with van der Waals surface area (Å²) in [5, 5.41) is 12.7. The summed E-state index contributed by atoms with van der Waals surface area (Å²) in [6.07, 6.45) is 0.796. The molecule has 2 aromatic carbocycles. The first-order valence-corrected chi connectivity index (χ1v) is 13.8. The lowest BCUT2D eigenvalue weighted by atomic mass is 10.0. The van der Waals surface area contributed by atoms with Gasteiger partial charge in [0.25, 0.3) is 17.5 Å². The number of carbonyl (C=O) groups excluding carboxylic acids is 3. The van der Waals surface area contributed by atoms with Gasteiger partial charge >= 0.3 is 16.1 Å². The van der Waals surface area contributed by atoms with Crippen molar-refractivity contribution in [2.24, 2.45) is 0 Å². The summed E-state index contributed by atoms with van der Waals surface area (Å²) in [5.74, 6) is -2.15. The second kappa shape index (κ2) is 11.1. The van der Waals surface area contributed by atoms with Crippen molar-refractivity contribution in [1.29, 1.82) is 0 Å². The molecule has 2 aliphatic rings. The third kappa shape index (κ3) is 6.23. The molecule has 0 bridgehead atoms. The fourth-order valence-corrected chi connectivity index (χ4v) is 5.47. The Morgan fingerprint density at radius 3 is 2.47 bits per heavy atom. The first-order chi connectivity index (χ1) is 18.0. The molecule has 15 heteroatoms. The van der Waals surface area contributed by atoms with Crippen LogP contribution in [0.4, 0.5) is 5.69 Å². The van der Waals surface area contributed by atoms with Gasteiger partial charge in [-0.1, -0.05) is 18.2 Å². The van der Waals surface area contributed by atoms with Crippen LogP contribution in [0.25, 0.3) is 0 Å². The Morgan fingerprint density at radius 1 is 1.16 bits per heavy atom. The molecule has 1 N–H and O–H groups in total. The Balaban J connectivity index is 1.45. The van der Waals surface area contributed by atoms with Gasteiger partial charge in [-0.3, -0.25) is 24.6 Å². The SMILES string of the molecule is CS(=O)(=O)OC1=C(C(=O)OCc2ccc([N+](=O)[O-])cc2)N2C(=O)[C@@H](NC(=O)COc3ccccc3)[C@H]2SC1. The lowest BCUT2D eigenvalue weighted by Gasteiger charge is -2.49. The van der Waals surface area contributed by atoms with Crippen LogP contribution in [-0.2, 0) is 40.0 Å². The van der Waals surface area contributed by atoms with E-state index < -0.39 is 49.9 Å². The van der Waals surface area contributed by atoms with E-state index in [9.17, 15) is 32.9 Å². The van der Waals surface area contributed by atoms with Crippen molar-refractivity contribution < 1.29 is 41.4 Å². The number of β-lactam (4-membered cyclic amide) rings is 1. The molecular weight excluding hydrogens is 542 g/mol. The van der Waals surface area contributed by atoms with Crippen LogP contribution in [0, 0.1) is 10.1 Å². The Kier molecular flexibility index (Phi) is 7.87. The van der Waals surface area contributed by atoms with E-state index in [2.05, 4.69) is 5.32 Å². The molecule has 1 fully saturated rings. The number of benzene rings is 2. The maximum atomic E-state index is 13.0. The minimum Gasteiger partial charge on any atom is -0.484 e. The van der Waals surface area contributed by atoms with E-state index in [0.29, 0.717) is 11.3 Å². The zero-order valence-electron chi connectivity index (χ0n) is 19.8. The maximum absolute atomic E-state index is 13.0. The van der Waals surface area contributed by atoms with E-state index in [4.69, 9.17) is 13.7 Å². The number of nitro groups is 1. The van der Waals surface area contributed by atoms with E-state index in [1.807, 2.05) is 0 Å². The molecule has 2 amide bonds. The molecule has 1 saturated heterocycles. The van der Waals surface area contributed by atoms with E-state index in [-0.39, 0.29) is 30.4 Å². The summed E-state index contributed by atoms with van der Waals surface area (Å²) in [6.45, 7) is -0.642. The zero-order chi connectivity index (χ0) is 27.4. The highest BCUT2D eigenvalue weighted by atomic mass is 32.2. The van der Waals surface area contributed by atoms with Crippen molar-refractivity contribution in [1.82, 2.24) is 10.2 Å². The van der Waals surface area contributed by atoms with Gasteiger partial charge in [0, 0.05) is 12.1 Å². The van der Waals surface area contributed by atoms with Gasteiger partial charge in [-0.15, -0.1) is 11.8 Å². The highest BCUT2D eigenvalue weighted by molar-refractivity contribution is 8.00. The van der Waals surface area contributed by atoms with Crippen molar-refractivity contribution in [3.63, 3.8) is 0 Å². The van der Waals surface area contributed by atoms with Gasteiger partial charge in [0.2, 0.25) is 0 Å². The summed E-state index contributed by atoms with van der Waals surface area (Å²) in [7, 11) is -4.04. The smallest absolute Gasteiger partial charge is 0.359 e. The van der Waals surface area contributed by atoms with E-state index >= 15 is 0 Å². The van der Waals surface area contributed by atoms with E-state index in [0.717, 1.165) is 22.9 Å². The summed E-state index contributed by atoms with van der Waals surface area (Å²) in [6, 6.07) is 12.9. The normalized spacial score (nSPS) is 18.7. The predicted molar refractivity (Wildman–Crippen MR) is 133 cm³/mol. The van der Waals surface area contributed by atoms with E-state index in [1.165, 1.54) is 24.3 Å². The van der Waals surface area contributed by atoms with Gasteiger partial charge in [0.1, 0.15) is 23.8 Å². The number of fused-ring (bicyclic) bond motifs is 1. The zero-order valence-corrected chi connectivity index (χ0v) is 21.4. The first-order valence-electron chi connectivity index (χ1n) is 11.0. The number of carbonyl (C=O) groups is 3. The minimum atomic E-state index is -4.04. The number of non-ortho nitro benzene ring substituents is 1. The molecular formula is C23H21N3O10S2. The molecule has 0 radical (unpaired) electrons. The van der Waals surface area contributed by atoms with E-state index in [1.54, 1.807) is 30.3 Å². The highest BCUT2D eigenvalue weighted by Crippen LogP contribution is 2.41. The second-order valence-corrected chi connectivity index (χ2v) is 10.8. The number of esters is 1. The number of ether oxygens (including phenoxy) is 2. The average molecular weight is 564 g/mol. The van der Waals surface area contributed by atoms with Crippen molar-refractivity contribution in [2.45, 2.75) is 18.0 Å². The molecule has 13 nitrogen and oxygen atoms in total. The topological polar surface area (TPSA) is 171 Å². The Hall–Kier alpha value is -4.11. The third-order valence-corrected chi connectivity index (χ3v) is 7.08. The van der Waals surface area contributed by atoms with Gasteiger partial charge in [-0.25, -0.2) is 4.79 Å². The lowest BCUT2D eigenvalue weighted by molar-refractivity contribution is -0.384. The number of nitro benzene ring substituents is 1. The van der Waals surface area contributed by atoms with Crippen LogP contribution in [-0.4, -0.2) is 66.1 Å². The molecule has 2 aliphatic heterocycles. The largest absolute Gasteiger partial charge is 0.484 e. The molecule has 0 unspecified atom stereocenters. The second-order valence-electron chi connectivity index (χ2n) is 8.12. The molecule has 0 aromatic heterocycles. The number of nitrogens with one attached hydrogen (secondary N) is 1. The number of para-hydroxylation sites is 1. The van der Waals surface area contributed by atoms with Crippen molar-refractivity contribution in [3.8, 4) is 5.75 Å². The van der Waals surface area contributed by atoms with Gasteiger partial charge in [-0.2, -0.15) is 8.42 Å². The van der Waals surface area contributed by atoms with Crippen LogP contribution in [0.1, 0.15) is 5.56 Å². The number of amides is 2. The van der Waals surface area contributed by atoms with Gasteiger partial charge in [0.05, 0.1) is 16.9 Å². The molecule has 200 valence electrons. The van der Waals surface area contributed by atoms with Crippen molar-refractivity contribution >= 4 is 45.4 Å². The van der Waals surface area contributed by atoms with Crippen LogP contribution < -0.4 is 10.1 Å². The summed E-state index contributed by atoms with van der Waals surface area (Å²) >= 11 is 1.10. The standard InChI is InChI=1S/C23H21N3O10S2/c1-38(32,33)36-17-13-37-22-19(24-18(27)12-34-16-5-3-2-4-6-16)21(28)25(22)20(17)23(29)35-11-14-7-9-15(10-8-14)26(30)31/h2-10,19,22H,11-13H2,1H3,(H,24,27)/t19-,22-/m1/s1. The minimum absolute atomic E-state index is 0.0869. The lowest BCUT2D eigenvalue weighted by Crippen LogP contribution is -2.71. The fourth-order valence-electron chi connectivity index (χ4n) is 3.64. The third-order valence-electron chi connectivity index (χ3n) is 5.33. The molecule has 0 spiro atoms. The van der Waals surface area contributed by atoms with Crippen LogP contribution >= 0.6 is 11.8 Å². The highest BCUT2D eigenvalue weighted by Gasteiger charge is 2.55. The number of hydrogen-bond donors (Lipinski definition) is 1. The van der Waals surface area contributed by atoms with Crippen LogP contribution in [0.2, 0.25) is 0 Å². The molecule has 4 rings (SSSR count). The van der Waals surface area contributed by atoms with Crippen LogP contribution in [0.5, 0.6) is 5.75 Å². The molecule has 2 aromatic rings. The number of nitrogens with zero attached hydrogens (tertiary/aromatic N) is 2. The molecule has 2 atom stereocenters. The van der Waals surface area contributed by atoms with Crippen molar-refractivity contribution in [3.05, 3.63) is 81.7 Å². The van der Waals surface area contributed by atoms with Gasteiger partial charge in [-0.05, 0) is 29.8 Å². The Morgan fingerprint density at radius 2 is 1.84 bits per heavy atom. The molecule has 0 saturated carbocycles. The summed E-state index contributed by atoms with van der Waals surface area (Å²) < 4.78 is 39.2. The number of hydrogen-bond acceptors (Lipinski definition) is 11. The Bertz CT molecular complexity index is 1390. The summed E-state index contributed by atoms with van der Waals surface area (Å²) in [5.41, 5.74) is -0.111. The Labute approximate surface area is 221 Å². The molecule has 2 heterocycles. The molecule has 0 aliphatic carbocycles. The number of rotatable bonds is 10. The predicted octanol–water partition coefficient (Wildman–Crippen LogP) is 1.30. The van der Waals surface area contributed by atoms with Gasteiger partial charge < -0.3 is 19.0 Å². The first kappa shape index (κ1) is 26.9. The monoisotopic (exact) mass is 563 g/mol. The number of thioether (sulfide) groups is 1. The van der Waals surface area contributed by atoms with Crippen LogP contribution in [0.3, 0.4) is 0 Å². The van der Waals surface area contributed by atoms with Crippen molar-refractivity contribution in [2.75, 3.05) is 18.6 Å². The fraction of sp³-hybridized carbons (Fsp3) is 0.261. The quantitative estimate of drug-likeness (QED) is 0.145. The molecule has 38 heavy (non-hydrogen) atoms. The van der Waals surface area contributed by atoms with Gasteiger partial charge in [0.15, 0.2) is 18.1 Å². The summed E-state index contributed by atoms with van der Waals surface area (Å²) in [4.78, 5) is 49.6. The maximum Gasteiger partial charge on any atom is 0.359 e.